The first-order chi connectivity index (χ1) is 10.3. The number of ketones is 1. The number of benzene rings is 2. The Kier molecular flexibility index (Phi) is 4.51. The third-order valence-electron chi connectivity index (χ3n) is 3.70. The third-order valence-corrected chi connectivity index (χ3v) is 3.70. The summed E-state index contributed by atoms with van der Waals surface area (Å²) in [4.78, 5) is 12.7. The molecule has 0 bridgehead atoms. The van der Waals surface area contributed by atoms with Crippen molar-refractivity contribution in [2.75, 3.05) is 0 Å². The lowest BCUT2D eigenvalue weighted by molar-refractivity contribution is 0.103. The molecule has 2 heteroatoms. The van der Waals surface area contributed by atoms with Gasteiger partial charge in [0.25, 0.3) is 0 Å². The van der Waals surface area contributed by atoms with E-state index >= 15 is 0 Å². The van der Waals surface area contributed by atoms with Crippen LogP contribution in [-0.4, -0.2) is 10.9 Å². The highest BCUT2D eigenvalue weighted by molar-refractivity contribution is 6.11. The van der Waals surface area contributed by atoms with E-state index in [0.29, 0.717) is 17.5 Å². The Balaban J connectivity index is 2.61. The molecule has 2 rings (SSSR count). The van der Waals surface area contributed by atoms with Crippen molar-refractivity contribution in [2.24, 2.45) is 0 Å². The zero-order valence-electron chi connectivity index (χ0n) is 13.4. The van der Waals surface area contributed by atoms with Crippen LogP contribution in [0, 0.1) is 0 Å². The molecule has 114 valence electrons. The molecule has 0 fully saturated rings. The van der Waals surface area contributed by atoms with Crippen LogP contribution in [0.5, 0.6) is 5.75 Å². The quantitative estimate of drug-likeness (QED) is 0.658. The Morgan fingerprint density at radius 3 is 2.36 bits per heavy atom. The number of phenols is 1. The maximum atomic E-state index is 12.7. The summed E-state index contributed by atoms with van der Waals surface area (Å²) in [6.07, 6.45) is 2.27. The van der Waals surface area contributed by atoms with Crippen LogP contribution in [0.25, 0.3) is 0 Å². The highest BCUT2D eigenvalue weighted by Crippen LogP contribution is 2.32. The van der Waals surface area contributed by atoms with Crippen molar-refractivity contribution < 1.29 is 9.90 Å². The molecule has 2 nitrogen and oxygen atoms in total. The molecule has 0 atom stereocenters. The van der Waals surface area contributed by atoms with E-state index in [0.717, 1.165) is 11.1 Å². The number of hydrogen-bond donors (Lipinski definition) is 1. The van der Waals surface area contributed by atoms with Gasteiger partial charge in [0.2, 0.25) is 0 Å². The molecule has 0 radical (unpaired) electrons. The lowest BCUT2D eigenvalue weighted by atomic mass is 9.83. The van der Waals surface area contributed by atoms with Crippen molar-refractivity contribution >= 4 is 5.78 Å². The number of aromatic hydroxyl groups is 1. The molecule has 0 heterocycles. The topological polar surface area (TPSA) is 37.3 Å². The van der Waals surface area contributed by atoms with Crippen LogP contribution in [-0.2, 0) is 11.8 Å². The predicted octanol–water partition coefficient (Wildman–Crippen LogP) is 4.65. The summed E-state index contributed by atoms with van der Waals surface area (Å²) < 4.78 is 0. The Hall–Kier alpha value is -2.35. The van der Waals surface area contributed by atoms with Crippen LogP contribution in [0.2, 0.25) is 0 Å². The molecule has 2 aromatic carbocycles. The number of carbonyl (C=O) groups excluding carboxylic acids is 1. The van der Waals surface area contributed by atoms with E-state index < -0.39 is 0 Å². The van der Waals surface area contributed by atoms with Crippen LogP contribution >= 0.6 is 0 Å². The van der Waals surface area contributed by atoms with Gasteiger partial charge in [0.05, 0.1) is 5.56 Å². The van der Waals surface area contributed by atoms with Gasteiger partial charge in [-0.2, -0.15) is 0 Å². The molecule has 0 aliphatic rings. The largest absolute Gasteiger partial charge is 0.507 e. The van der Waals surface area contributed by atoms with Gasteiger partial charge in [-0.3, -0.25) is 4.79 Å². The maximum absolute atomic E-state index is 12.7. The summed E-state index contributed by atoms with van der Waals surface area (Å²) in [6.45, 7) is 10.00. The number of carbonyl (C=O) groups is 1. The molecular formula is C20H22O2. The monoisotopic (exact) mass is 294 g/mol. The second kappa shape index (κ2) is 6.18. The molecule has 1 N–H and O–H groups in total. The summed E-state index contributed by atoms with van der Waals surface area (Å²) in [7, 11) is 0. The second-order valence-electron chi connectivity index (χ2n) is 6.47. The van der Waals surface area contributed by atoms with Gasteiger partial charge in [-0.1, -0.05) is 63.2 Å². The van der Waals surface area contributed by atoms with Gasteiger partial charge in [0.15, 0.2) is 5.78 Å². The average Bonchev–Trinajstić information content (AvgIpc) is 2.48. The smallest absolute Gasteiger partial charge is 0.196 e. The molecule has 0 spiro atoms. The zero-order chi connectivity index (χ0) is 16.3. The molecular weight excluding hydrogens is 272 g/mol. The van der Waals surface area contributed by atoms with Gasteiger partial charge in [0, 0.05) is 5.56 Å². The summed E-state index contributed by atoms with van der Waals surface area (Å²) >= 11 is 0. The van der Waals surface area contributed by atoms with Gasteiger partial charge in [0.1, 0.15) is 5.75 Å². The van der Waals surface area contributed by atoms with Crippen molar-refractivity contribution in [3.05, 3.63) is 77.4 Å². The minimum Gasteiger partial charge on any atom is -0.507 e. The summed E-state index contributed by atoms with van der Waals surface area (Å²) in [5.74, 6) is -0.101. The summed E-state index contributed by atoms with van der Waals surface area (Å²) in [5.41, 5.74) is 2.60. The lowest BCUT2D eigenvalue weighted by Gasteiger charge is -2.22. The fraction of sp³-hybridized carbons (Fsp3) is 0.250. The average molecular weight is 294 g/mol. The Morgan fingerprint density at radius 1 is 1.18 bits per heavy atom. The Labute approximate surface area is 132 Å². The van der Waals surface area contributed by atoms with Gasteiger partial charge in [-0.05, 0) is 29.0 Å². The summed E-state index contributed by atoms with van der Waals surface area (Å²) in [5, 5.41) is 10.5. The predicted molar refractivity (Wildman–Crippen MR) is 90.6 cm³/mol. The first-order valence-electron chi connectivity index (χ1n) is 7.41. The number of allylic oxidation sites excluding steroid dienone is 1. The standard InChI is InChI=1S/C20H22O2/c1-5-9-15-12-16(20(2,3)4)13-17(19(15)22)18(21)14-10-7-6-8-11-14/h5-8,10-13,22H,1,9H2,2-4H3. The van der Waals surface area contributed by atoms with E-state index in [4.69, 9.17) is 0 Å². The van der Waals surface area contributed by atoms with Gasteiger partial charge in [-0.15, -0.1) is 6.58 Å². The van der Waals surface area contributed by atoms with E-state index in [1.807, 2.05) is 24.3 Å². The van der Waals surface area contributed by atoms with E-state index in [1.54, 1.807) is 24.3 Å². The van der Waals surface area contributed by atoms with Gasteiger partial charge in [-0.25, -0.2) is 0 Å². The van der Waals surface area contributed by atoms with E-state index in [9.17, 15) is 9.90 Å². The number of phenolic OH excluding ortho intramolecular Hbond substituents is 1. The lowest BCUT2D eigenvalue weighted by Crippen LogP contribution is -2.14. The van der Waals surface area contributed by atoms with Gasteiger partial charge < -0.3 is 5.11 Å². The SMILES string of the molecule is C=CCc1cc(C(C)(C)C)cc(C(=O)c2ccccc2)c1O. The van der Waals surface area contributed by atoms with Crippen molar-refractivity contribution in [3.8, 4) is 5.75 Å². The minimum absolute atomic E-state index is 0.0572. The molecule has 0 aromatic heterocycles. The molecule has 0 amide bonds. The second-order valence-corrected chi connectivity index (χ2v) is 6.47. The maximum Gasteiger partial charge on any atom is 0.196 e. The number of rotatable bonds is 4. The zero-order valence-corrected chi connectivity index (χ0v) is 13.4. The fourth-order valence-corrected chi connectivity index (χ4v) is 2.36. The fourth-order valence-electron chi connectivity index (χ4n) is 2.36. The van der Waals surface area contributed by atoms with Crippen LogP contribution < -0.4 is 0 Å². The van der Waals surface area contributed by atoms with Crippen LogP contribution in [0.15, 0.2) is 55.1 Å². The van der Waals surface area contributed by atoms with Crippen molar-refractivity contribution in [1.29, 1.82) is 0 Å². The van der Waals surface area contributed by atoms with E-state index in [1.165, 1.54) is 0 Å². The van der Waals surface area contributed by atoms with Crippen LogP contribution in [0.1, 0.15) is 47.8 Å². The Morgan fingerprint density at radius 2 is 1.82 bits per heavy atom. The molecule has 0 saturated heterocycles. The van der Waals surface area contributed by atoms with Gasteiger partial charge >= 0.3 is 0 Å². The highest BCUT2D eigenvalue weighted by atomic mass is 16.3. The first-order valence-corrected chi connectivity index (χ1v) is 7.41. The number of hydrogen-bond acceptors (Lipinski definition) is 2. The molecule has 0 unspecified atom stereocenters. The normalized spacial score (nSPS) is 11.2. The molecule has 0 saturated carbocycles. The molecule has 0 aliphatic heterocycles. The molecule has 2 aromatic rings. The van der Waals surface area contributed by atoms with Crippen molar-refractivity contribution in [3.63, 3.8) is 0 Å². The highest BCUT2D eigenvalue weighted by Gasteiger charge is 2.22. The van der Waals surface area contributed by atoms with Crippen molar-refractivity contribution in [1.82, 2.24) is 0 Å². The van der Waals surface area contributed by atoms with Crippen LogP contribution in [0.3, 0.4) is 0 Å². The molecule has 0 aliphatic carbocycles. The van der Waals surface area contributed by atoms with Crippen LogP contribution in [0.4, 0.5) is 0 Å². The van der Waals surface area contributed by atoms with E-state index in [2.05, 4.69) is 27.4 Å². The molecule has 22 heavy (non-hydrogen) atoms. The first kappa shape index (κ1) is 16.0. The van der Waals surface area contributed by atoms with E-state index in [-0.39, 0.29) is 16.9 Å². The summed E-state index contributed by atoms with van der Waals surface area (Å²) in [6, 6.07) is 12.8. The van der Waals surface area contributed by atoms with Crippen molar-refractivity contribution in [2.45, 2.75) is 32.6 Å². The Bertz CT molecular complexity index is 692. The third kappa shape index (κ3) is 3.28. The minimum atomic E-state index is -0.158.